The summed E-state index contributed by atoms with van der Waals surface area (Å²) in [6.07, 6.45) is 9.24. The molecule has 1 saturated heterocycles. The SMILES string of the molecule is O=C(CN1CCCNCC1)NCCC1CCCCC1. The molecule has 0 aromatic carbocycles. The summed E-state index contributed by atoms with van der Waals surface area (Å²) in [6.45, 7) is 5.58. The van der Waals surface area contributed by atoms with Crippen molar-refractivity contribution in [3.8, 4) is 0 Å². The number of carbonyl (C=O) groups excluding carboxylic acids is 1. The fourth-order valence-electron chi connectivity index (χ4n) is 3.21. The van der Waals surface area contributed by atoms with E-state index in [0.717, 1.165) is 45.1 Å². The second-order valence-corrected chi connectivity index (χ2v) is 6.02. The molecule has 2 N–H and O–H groups in total. The summed E-state index contributed by atoms with van der Waals surface area (Å²) in [5.41, 5.74) is 0. The normalized spacial score (nSPS) is 22.9. The summed E-state index contributed by atoms with van der Waals surface area (Å²) in [5, 5.41) is 6.46. The van der Waals surface area contributed by atoms with Gasteiger partial charge in [0.05, 0.1) is 6.54 Å². The van der Waals surface area contributed by atoms with Gasteiger partial charge in [-0.05, 0) is 31.8 Å². The van der Waals surface area contributed by atoms with Crippen LogP contribution in [0.25, 0.3) is 0 Å². The molecule has 1 aliphatic carbocycles. The number of hydrogen-bond donors (Lipinski definition) is 2. The van der Waals surface area contributed by atoms with Crippen LogP contribution in [-0.4, -0.2) is 50.1 Å². The average molecular weight is 267 g/mol. The summed E-state index contributed by atoms with van der Waals surface area (Å²) < 4.78 is 0. The van der Waals surface area contributed by atoms with E-state index in [1.165, 1.54) is 38.5 Å². The zero-order valence-electron chi connectivity index (χ0n) is 12.1. The van der Waals surface area contributed by atoms with Crippen molar-refractivity contribution in [3.63, 3.8) is 0 Å². The van der Waals surface area contributed by atoms with Crippen LogP contribution in [0.4, 0.5) is 0 Å². The van der Waals surface area contributed by atoms with Crippen LogP contribution < -0.4 is 10.6 Å². The van der Waals surface area contributed by atoms with Gasteiger partial charge < -0.3 is 10.6 Å². The van der Waals surface area contributed by atoms with Gasteiger partial charge in [-0.25, -0.2) is 0 Å². The molecule has 0 spiro atoms. The third-order valence-electron chi connectivity index (χ3n) is 4.40. The van der Waals surface area contributed by atoms with Crippen LogP contribution in [0.3, 0.4) is 0 Å². The van der Waals surface area contributed by atoms with Crippen molar-refractivity contribution in [2.75, 3.05) is 39.3 Å². The lowest BCUT2D eigenvalue weighted by Gasteiger charge is -2.22. The minimum Gasteiger partial charge on any atom is -0.355 e. The molecular formula is C15H29N3O. The molecule has 1 amide bonds. The van der Waals surface area contributed by atoms with E-state index in [9.17, 15) is 4.79 Å². The highest BCUT2D eigenvalue weighted by Crippen LogP contribution is 2.25. The van der Waals surface area contributed by atoms with Gasteiger partial charge in [0.2, 0.25) is 5.91 Å². The van der Waals surface area contributed by atoms with Gasteiger partial charge in [0.1, 0.15) is 0 Å². The Kier molecular flexibility index (Phi) is 6.65. The van der Waals surface area contributed by atoms with E-state index in [0.29, 0.717) is 6.54 Å². The van der Waals surface area contributed by atoms with E-state index >= 15 is 0 Å². The minimum atomic E-state index is 0.206. The first-order chi connectivity index (χ1) is 9.34. The Morgan fingerprint density at radius 3 is 2.79 bits per heavy atom. The molecular weight excluding hydrogens is 238 g/mol. The smallest absolute Gasteiger partial charge is 0.234 e. The van der Waals surface area contributed by atoms with E-state index in [1.807, 2.05) is 0 Å². The predicted molar refractivity (Wildman–Crippen MR) is 78.1 cm³/mol. The largest absolute Gasteiger partial charge is 0.355 e. The number of rotatable bonds is 5. The van der Waals surface area contributed by atoms with Gasteiger partial charge in [-0.2, -0.15) is 0 Å². The molecule has 4 nitrogen and oxygen atoms in total. The highest BCUT2D eigenvalue weighted by molar-refractivity contribution is 5.77. The van der Waals surface area contributed by atoms with Crippen molar-refractivity contribution in [2.45, 2.75) is 44.9 Å². The fraction of sp³-hybridized carbons (Fsp3) is 0.933. The van der Waals surface area contributed by atoms with Crippen LogP contribution in [0, 0.1) is 5.92 Å². The molecule has 2 fully saturated rings. The summed E-state index contributed by atoms with van der Waals surface area (Å²) in [5.74, 6) is 1.06. The monoisotopic (exact) mass is 267 g/mol. The molecule has 19 heavy (non-hydrogen) atoms. The average Bonchev–Trinajstić information content (AvgIpc) is 2.68. The van der Waals surface area contributed by atoms with E-state index in [4.69, 9.17) is 0 Å². The molecule has 2 rings (SSSR count). The standard InChI is InChI=1S/C15H29N3O/c19-15(13-18-11-4-8-16-10-12-18)17-9-7-14-5-2-1-3-6-14/h14,16H,1-13H2,(H,17,19). The van der Waals surface area contributed by atoms with Gasteiger partial charge in [-0.3, -0.25) is 9.69 Å². The zero-order valence-corrected chi connectivity index (χ0v) is 12.1. The Hall–Kier alpha value is -0.610. The number of nitrogens with zero attached hydrogens (tertiary/aromatic N) is 1. The first kappa shape index (κ1) is 14.8. The highest BCUT2D eigenvalue weighted by Gasteiger charge is 2.15. The Balaban J connectivity index is 1.55. The van der Waals surface area contributed by atoms with Gasteiger partial charge in [-0.15, -0.1) is 0 Å². The second-order valence-electron chi connectivity index (χ2n) is 6.02. The van der Waals surface area contributed by atoms with Crippen molar-refractivity contribution in [2.24, 2.45) is 5.92 Å². The van der Waals surface area contributed by atoms with Crippen LogP contribution in [-0.2, 0) is 4.79 Å². The molecule has 110 valence electrons. The van der Waals surface area contributed by atoms with Crippen molar-refractivity contribution < 1.29 is 4.79 Å². The summed E-state index contributed by atoms with van der Waals surface area (Å²) in [7, 11) is 0. The Labute approximate surface area is 117 Å². The van der Waals surface area contributed by atoms with Crippen molar-refractivity contribution in [1.29, 1.82) is 0 Å². The topological polar surface area (TPSA) is 44.4 Å². The lowest BCUT2D eigenvalue weighted by molar-refractivity contribution is -0.122. The van der Waals surface area contributed by atoms with Crippen molar-refractivity contribution >= 4 is 5.91 Å². The number of carbonyl (C=O) groups is 1. The van der Waals surface area contributed by atoms with Gasteiger partial charge in [0.15, 0.2) is 0 Å². The fourth-order valence-corrected chi connectivity index (χ4v) is 3.21. The van der Waals surface area contributed by atoms with Gasteiger partial charge >= 0.3 is 0 Å². The molecule has 0 atom stereocenters. The maximum atomic E-state index is 11.9. The zero-order chi connectivity index (χ0) is 13.3. The molecule has 0 unspecified atom stereocenters. The summed E-state index contributed by atoms with van der Waals surface area (Å²) in [4.78, 5) is 14.2. The van der Waals surface area contributed by atoms with Gasteiger partial charge in [-0.1, -0.05) is 32.1 Å². The van der Waals surface area contributed by atoms with Crippen LogP contribution in [0.1, 0.15) is 44.9 Å². The molecule has 4 heteroatoms. The van der Waals surface area contributed by atoms with Crippen LogP contribution in [0.15, 0.2) is 0 Å². The lowest BCUT2D eigenvalue weighted by Crippen LogP contribution is -2.39. The van der Waals surface area contributed by atoms with Crippen LogP contribution in [0.2, 0.25) is 0 Å². The first-order valence-corrected chi connectivity index (χ1v) is 8.04. The maximum Gasteiger partial charge on any atom is 0.234 e. The lowest BCUT2D eigenvalue weighted by atomic mass is 9.87. The molecule has 1 heterocycles. The van der Waals surface area contributed by atoms with E-state index in [2.05, 4.69) is 15.5 Å². The van der Waals surface area contributed by atoms with E-state index in [-0.39, 0.29) is 5.91 Å². The highest BCUT2D eigenvalue weighted by atomic mass is 16.2. The maximum absolute atomic E-state index is 11.9. The quantitative estimate of drug-likeness (QED) is 0.791. The molecule has 2 aliphatic rings. The van der Waals surface area contributed by atoms with Crippen molar-refractivity contribution in [1.82, 2.24) is 15.5 Å². The summed E-state index contributed by atoms with van der Waals surface area (Å²) >= 11 is 0. The Bertz CT molecular complexity index is 256. The molecule has 1 saturated carbocycles. The Morgan fingerprint density at radius 1 is 1.11 bits per heavy atom. The van der Waals surface area contributed by atoms with Crippen molar-refractivity contribution in [3.05, 3.63) is 0 Å². The molecule has 0 aromatic rings. The third kappa shape index (κ3) is 5.91. The molecule has 1 aliphatic heterocycles. The Morgan fingerprint density at radius 2 is 1.95 bits per heavy atom. The summed E-state index contributed by atoms with van der Waals surface area (Å²) in [6, 6.07) is 0. The van der Waals surface area contributed by atoms with Gasteiger partial charge in [0.25, 0.3) is 0 Å². The third-order valence-corrected chi connectivity index (χ3v) is 4.40. The first-order valence-electron chi connectivity index (χ1n) is 8.04. The predicted octanol–water partition coefficient (Wildman–Crippen LogP) is 1.37. The van der Waals surface area contributed by atoms with Gasteiger partial charge in [0, 0.05) is 19.6 Å². The minimum absolute atomic E-state index is 0.206. The molecule has 0 radical (unpaired) electrons. The number of hydrogen-bond acceptors (Lipinski definition) is 3. The van der Waals surface area contributed by atoms with E-state index < -0.39 is 0 Å². The van der Waals surface area contributed by atoms with Crippen LogP contribution in [0.5, 0.6) is 0 Å². The number of amides is 1. The second kappa shape index (κ2) is 8.54. The molecule has 0 aromatic heterocycles. The molecule has 0 bridgehead atoms. The van der Waals surface area contributed by atoms with E-state index in [1.54, 1.807) is 0 Å². The van der Waals surface area contributed by atoms with Crippen LogP contribution >= 0.6 is 0 Å². The number of nitrogens with one attached hydrogen (secondary N) is 2.